The summed E-state index contributed by atoms with van der Waals surface area (Å²) < 4.78 is 5.26. The van der Waals surface area contributed by atoms with Crippen molar-refractivity contribution in [3.05, 3.63) is 65.7 Å². The normalized spacial score (nSPS) is 14.4. The molecule has 1 saturated heterocycles. The fourth-order valence-electron chi connectivity index (χ4n) is 3.66. The van der Waals surface area contributed by atoms with E-state index in [0.717, 1.165) is 12.0 Å². The third-order valence-electron chi connectivity index (χ3n) is 5.32. The van der Waals surface area contributed by atoms with Crippen molar-refractivity contribution in [1.82, 2.24) is 24.9 Å². The Hall–Kier alpha value is -3.55. The summed E-state index contributed by atoms with van der Waals surface area (Å²) in [4.78, 5) is 37.7. The smallest absolute Gasteiger partial charge is 0.253 e. The third-order valence-corrected chi connectivity index (χ3v) is 5.32. The second kappa shape index (κ2) is 9.51. The zero-order valence-corrected chi connectivity index (χ0v) is 17.5. The number of benzene rings is 1. The zero-order valence-electron chi connectivity index (χ0n) is 17.5. The minimum Gasteiger partial charge on any atom is -0.341 e. The highest BCUT2D eigenvalue weighted by Crippen LogP contribution is 2.15. The predicted octanol–water partition coefficient (Wildman–Crippen LogP) is 2.75. The Bertz CT molecular complexity index is 1050. The van der Waals surface area contributed by atoms with E-state index in [4.69, 9.17) is 4.52 Å². The number of aryl methyl sites for hydroxylation is 2. The van der Waals surface area contributed by atoms with Gasteiger partial charge in [0.15, 0.2) is 0 Å². The molecule has 31 heavy (non-hydrogen) atoms. The van der Waals surface area contributed by atoms with Crippen LogP contribution in [0.25, 0.3) is 11.5 Å². The number of aromatic nitrogens is 3. The summed E-state index contributed by atoms with van der Waals surface area (Å²) in [6, 6.07) is 13.1. The van der Waals surface area contributed by atoms with Gasteiger partial charge >= 0.3 is 0 Å². The summed E-state index contributed by atoms with van der Waals surface area (Å²) in [5, 5.41) is 3.94. The molecule has 0 radical (unpaired) electrons. The van der Waals surface area contributed by atoms with Crippen molar-refractivity contribution in [1.29, 1.82) is 0 Å². The van der Waals surface area contributed by atoms with E-state index in [1.165, 1.54) is 0 Å². The Balaban J connectivity index is 1.30. The molecule has 160 valence electrons. The fraction of sp³-hybridized carbons (Fsp3) is 0.348. The molecule has 0 saturated carbocycles. The molecule has 0 bridgehead atoms. The number of nitrogens with zero attached hydrogens (tertiary/aromatic N) is 5. The minimum atomic E-state index is 0.0194. The molecular weight excluding hydrogens is 394 g/mol. The first kappa shape index (κ1) is 20.7. The summed E-state index contributed by atoms with van der Waals surface area (Å²) in [6.45, 7) is 4.32. The predicted molar refractivity (Wildman–Crippen MR) is 114 cm³/mol. The molecule has 8 heteroatoms. The number of carbonyl (C=O) groups is 2. The van der Waals surface area contributed by atoms with E-state index in [0.29, 0.717) is 55.6 Å². The van der Waals surface area contributed by atoms with E-state index in [1.807, 2.05) is 53.1 Å². The molecule has 1 aliphatic heterocycles. The van der Waals surface area contributed by atoms with Gasteiger partial charge in [0.2, 0.25) is 17.6 Å². The number of rotatable bonds is 5. The van der Waals surface area contributed by atoms with Gasteiger partial charge in [0.25, 0.3) is 5.91 Å². The van der Waals surface area contributed by atoms with E-state index in [1.54, 1.807) is 12.3 Å². The zero-order chi connectivity index (χ0) is 21.6. The average molecular weight is 419 g/mol. The van der Waals surface area contributed by atoms with Gasteiger partial charge < -0.3 is 14.3 Å². The lowest BCUT2D eigenvalue weighted by Gasteiger charge is -2.22. The molecule has 1 aliphatic rings. The van der Waals surface area contributed by atoms with Crippen LogP contribution in [0.15, 0.2) is 53.2 Å². The minimum absolute atomic E-state index is 0.0194. The topological polar surface area (TPSA) is 92.4 Å². The van der Waals surface area contributed by atoms with E-state index < -0.39 is 0 Å². The van der Waals surface area contributed by atoms with Crippen molar-refractivity contribution in [2.24, 2.45) is 0 Å². The van der Waals surface area contributed by atoms with E-state index in [-0.39, 0.29) is 18.2 Å². The van der Waals surface area contributed by atoms with Crippen LogP contribution >= 0.6 is 0 Å². The SMILES string of the molecule is Cc1cccc(C(=O)N2CCCN(C(=O)CCc3nc(-c4ccccn4)no3)CC2)c1. The molecule has 0 N–H and O–H groups in total. The van der Waals surface area contributed by atoms with Crippen LogP contribution in [-0.4, -0.2) is 62.9 Å². The lowest BCUT2D eigenvalue weighted by Crippen LogP contribution is -2.37. The van der Waals surface area contributed by atoms with Gasteiger partial charge in [-0.2, -0.15) is 4.98 Å². The van der Waals surface area contributed by atoms with Gasteiger partial charge in [-0.3, -0.25) is 14.6 Å². The molecule has 0 aliphatic carbocycles. The van der Waals surface area contributed by atoms with Crippen LogP contribution < -0.4 is 0 Å². The largest absolute Gasteiger partial charge is 0.341 e. The van der Waals surface area contributed by atoms with Gasteiger partial charge in [-0.25, -0.2) is 0 Å². The van der Waals surface area contributed by atoms with Gasteiger partial charge in [-0.1, -0.05) is 28.9 Å². The number of carbonyl (C=O) groups excluding carboxylic acids is 2. The number of amides is 2. The van der Waals surface area contributed by atoms with Crippen LogP contribution in [0.2, 0.25) is 0 Å². The highest BCUT2D eigenvalue weighted by molar-refractivity contribution is 5.94. The van der Waals surface area contributed by atoms with Crippen molar-refractivity contribution in [2.45, 2.75) is 26.2 Å². The van der Waals surface area contributed by atoms with Gasteiger partial charge in [0, 0.05) is 50.8 Å². The van der Waals surface area contributed by atoms with Crippen LogP contribution in [0, 0.1) is 6.92 Å². The summed E-state index contributed by atoms with van der Waals surface area (Å²) in [6.07, 6.45) is 3.09. The number of pyridine rings is 1. The van der Waals surface area contributed by atoms with Crippen LogP contribution in [0.1, 0.15) is 34.7 Å². The van der Waals surface area contributed by atoms with Crippen LogP contribution in [-0.2, 0) is 11.2 Å². The second-order valence-electron chi connectivity index (χ2n) is 7.62. The summed E-state index contributed by atoms with van der Waals surface area (Å²) in [5.74, 6) is 0.886. The first-order valence-electron chi connectivity index (χ1n) is 10.5. The van der Waals surface area contributed by atoms with Gasteiger partial charge in [0.05, 0.1) is 0 Å². The molecule has 3 aromatic rings. The van der Waals surface area contributed by atoms with Gasteiger partial charge in [0.1, 0.15) is 5.69 Å². The monoisotopic (exact) mass is 419 g/mol. The van der Waals surface area contributed by atoms with Crippen LogP contribution in [0.4, 0.5) is 0 Å². The molecule has 1 fully saturated rings. The maximum absolute atomic E-state index is 12.8. The molecule has 2 aromatic heterocycles. The lowest BCUT2D eigenvalue weighted by atomic mass is 10.1. The van der Waals surface area contributed by atoms with Gasteiger partial charge in [-0.15, -0.1) is 0 Å². The van der Waals surface area contributed by atoms with Crippen LogP contribution in [0.5, 0.6) is 0 Å². The highest BCUT2D eigenvalue weighted by Gasteiger charge is 2.23. The molecule has 2 amide bonds. The number of hydrogen-bond acceptors (Lipinski definition) is 6. The second-order valence-corrected chi connectivity index (χ2v) is 7.62. The molecule has 3 heterocycles. The molecule has 4 rings (SSSR count). The first-order chi connectivity index (χ1) is 15.1. The average Bonchev–Trinajstić information content (AvgIpc) is 3.13. The Labute approximate surface area is 180 Å². The summed E-state index contributed by atoms with van der Waals surface area (Å²) in [7, 11) is 0. The van der Waals surface area contributed by atoms with Crippen molar-refractivity contribution < 1.29 is 14.1 Å². The summed E-state index contributed by atoms with van der Waals surface area (Å²) in [5.41, 5.74) is 2.39. The molecule has 1 aromatic carbocycles. The maximum Gasteiger partial charge on any atom is 0.253 e. The maximum atomic E-state index is 12.8. The summed E-state index contributed by atoms with van der Waals surface area (Å²) >= 11 is 0. The third kappa shape index (κ3) is 5.14. The van der Waals surface area contributed by atoms with Crippen molar-refractivity contribution >= 4 is 11.8 Å². The fourth-order valence-corrected chi connectivity index (χ4v) is 3.66. The lowest BCUT2D eigenvalue weighted by molar-refractivity contribution is -0.131. The van der Waals surface area contributed by atoms with Crippen molar-refractivity contribution in [3.63, 3.8) is 0 Å². The highest BCUT2D eigenvalue weighted by atomic mass is 16.5. The van der Waals surface area contributed by atoms with E-state index >= 15 is 0 Å². The quantitative estimate of drug-likeness (QED) is 0.631. The molecular formula is C23H25N5O3. The standard InChI is InChI=1S/C23H25N5O3/c1-17-6-4-7-18(16-17)23(30)28-13-5-12-27(14-15-28)21(29)10-9-20-25-22(26-31-20)19-8-2-3-11-24-19/h2-4,6-8,11,16H,5,9-10,12-15H2,1H3. The van der Waals surface area contributed by atoms with Crippen molar-refractivity contribution in [2.75, 3.05) is 26.2 Å². The first-order valence-corrected chi connectivity index (χ1v) is 10.5. The molecule has 8 nitrogen and oxygen atoms in total. The Morgan fingerprint density at radius 3 is 2.68 bits per heavy atom. The Morgan fingerprint density at radius 2 is 1.87 bits per heavy atom. The van der Waals surface area contributed by atoms with Crippen LogP contribution in [0.3, 0.4) is 0 Å². The molecule has 0 unspecified atom stereocenters. The van der Waals surface area contributed by atoms with Crippen molar-refractivity contribution in [3.8, 4) is 11.5 Å². The Kier molecular flexibility index (Phi) is 6.35. The molecule has 0 spiro atoms. The van der Waals surface area contributed by atoms with E-state index in [9.17, 15) is 9.59 Å². The van der Waals surface area contributed by atoms with Gasteiger partial charge in [-0.05, 0) is 37.6 Å². The molecule has 0 atom stereocenters. The van der Waals surface area contributed by atoms with E-state index in [2.05, 4.69) is 15.1 Å². The number of hydrogen-bond donors (Lipinski definition) is 0. The Morgan fingerprint density at radius 1 is 1.03 bits per heavy atom.